The van der Waals surface area contributed by atoms with Gasteiger partial charge >= 0.3 is 6.09 Å². The second-order valence-corrected chi connectivity index (χ2v) is 5.01. The molecule has 3 heteroatoms. The Morgan fingerprint density at radius 1 is 1.50 bits per heavy atom. The smallest absolute Gasteiger partial charge is 0.410 e. The van der Waals surface area contributed by atoms with Gasteiger partial charge in [-0.2, -0.15) is 0 Å². The molecule has 1 amide bonds. The number of ether oxygens (including phenoxy) is 1. The van der Waals surface area contributed by atoms with E-state index in [2.05, 4.69) is 20.8 Å². The first-order chi connectivity index (χ1) is 6.55. The predicted molar refractivity (Wildman–Crippen MR) is 54.1 cm³/mol. The van der Waals surface area contributed by atoms with E-state index in [1.165, 1.54) is 6.42 Å². The zero-order valence-electron chi connectivity index (χ0n) is 9.25. The quantitative estimate of drug-likeness (QED) is 0.646. The summed E-state index contributed by atoms with van der Waals surface area (Å²) in [6.45, 7) is 7.29. The Hall–Kier alpha value is -0.730. The predicted octanol–water partition coefficient (Wildman–Crippen LogP) is 2.41. The first kappa shape index (κ1) is 9.81. The molecular weight excluding hydrogens is 178 g/mol. The lowest BCUT2D eigenvalue weighted by atomic mass is 9.80. The number of hydrogen-bond acceptors (Lipinski definition) is 2. The molecule has 2 saturated heterocycles. The molecule has 80 valence electrons. The van der Waals surface area contributed by atoms with Crippen LogP contribution in [0.4, 0.5) is 4.79 Å². The van der Waals surface area contributed by atoms with Crippen LogP contribution < -0.4 is 0 Å². The van der Waals surface area contributed by atoms with E-state index < -0.39 is 0 Å². The van der Waals surface area contributed by atoms with Crippen LogP contribution in [0.1, 0.15) is 40.0 Å². The van der Waals surface area contributed by atoms with E-state index in [0.717, 1.165) is 19.4 Å². The average Bonchev–Trinajstić information content (AvgIpc) is 2.39. The molecule has 0 saturated carbocycles. The van der Waals surface area contributed by atoms with E-state index in [4.69, 9.17) is 4.74 Å². The fourth-order valence-electron chi connectivity index (χ4n) is 2.89. The number of carbonyl (C=O) groups excluding carboxylic acids is 1. The van der Waals surface area contributed by atoms with Gasteiger partial charge in [0.05, 0.1) is 5.54 Å². The maximum absolute atomic E-state index is 11.6. The van der Waals surface area contributed by atoms with Crippen molar-refractivity contribution in [3.8, 4) is 0 Å². The first-order valence-electron chi connectivity index (χ1n) is 5.54. The van der Waals surface area contributed by atoms with Crippen LogP contribution in [0.3, 0.4) is 0 Å². The van der Waals surface area contributed by atoms with Crippen LogP contribution in [0, 0.1) is 5.92 Å². The summed E-state index contributed by atoms with van der Waals surface area (Å²) in [5.74, 6) is 0.409. The lowest BCUT2D eigenvalue weighted by Crippen LogP contribution is -2.52. The van der Waals surface area contributed by atoms with Crippen LogP contribution in [0.5, 0.6) is 0 Å². The Bertz CT molecular complexity index is 252. The number of rotatable bonds is 1. The van der Waals surface area contributed by atoms with Gasteiger partial charge in [-0.05, 0) is 32.1 Å². The normalized spacial score (nSPS) is 37.3. The number of piperidine rings is 1. The molecule has 0 aliphatic carbocycles. The highest BCUT2D eigenvalue weighted by atomic mass is 16.6. The number of hydrogen-bond donors (Lipinski definition) is 0. The molecule has 2 fully saturated rings. The fourth-order valence-corrected chi connectivity index (χ4v) is 2.89. The van der Waals surface area contributed by atoms with Gasteiger partial charge in [0.15, 0.2) is 0 Å². The third kappa shape index (κ3) is 1.22. The van der Waals surface area contributed by atoms with E-state index in [9.17, 15) is 4.79 Å². The van der Waals surface area contributed by atoms with E-state index in [1.807, 2.05) is 4.90 Å². The molecule has 0 aromatic rings. The Balaban J connectivity index is 2.27. The molecule has 0 aromatic heterocycles. The number of carbonyl (C=O) groups is 1. The molecule has 0 spiro atoms. The maximum Gasteiger partial charge on any atom is 0.410 e. The second-order valence-electron chi connectivity index (χ2n) is 5.01. The Morgan fingerprint density at radius 3 is 2.86 bits per heavy atom. The summed E-state index contributed by atoms with van der Waals surface area (Å²) in [6, 6.07) is 0. The van der Waals surface area contributed by atoms with Crippen LogP contribution in [-0.2, 0) is 4.74 Å². The van der Waals surface area contributed by atoms with Crippen molar-refractivity contribution in [2.45, 2.75) is 51.7 Å². The molecule has 2 aliphatic heterocycles. The van der Waals surface area contributed by atoms with Gasteiger partial charge in [0, 0.05) is 6.54 Å². The molecule has 0 bridgehead atoms. The van der Waals surface area contributed by atoms with Gasteiger partial charge in [-0.3, -0.25) is 4.90 Å². The highest BCUT2D eigenvalue weighted by molar-refractivity contribution is 5.72. The van der Waals surface area contributed by atoms with Gasteiger partial charge in [-0.25, -0.2) is 4.79 Å². The largest absolute Gasteiger partial charge is 0.443 e. The zero-order chi connectivity index (χ0) is 10.3. The maximum atomic E-state index is 11.6. The van der Waals surface area contributed by atoms with Gasteiger partial charge in [-0.15, -0.1) is 0 Å². The van der Waals surface area contributed by atoms with Crippen LogP contribution in [-0.4, -0.2) is 29.2 Å². The SMILES string of the molecule is CC(C)[C@@H]1OC(=O)N2CCCC[C@@]12C. The standard InChI is InChI=1S/C11H19NO2/c1-8(2)9-11(3)6-4-5-7-12(11)10(13)14-9/h8-9H,4-7H2,1-3H3/t9-,11-/m0/s1. The minimum atomic E-state index is -0.106. The zero-order valence-corrected chi connectivity index (χ0v) is 9.25. The van der Waals surface area contributed by atoms with E-state index in [0.29, 0.717) is 5.92 Å². The minimum absolute atomic E-state index is 0.0382. The third-order valence-corrected chi connectivity index (χ3v) is 3.60. The second kappa shape index (κ2) is 3.14. The summed E-state index contributed by atoms with van der Waals surface area (Å²) in [5.41, 5.74) is -0.0382. The Labute approximate surface area is 85.4 Å². The monoisotopic (exact) mass is 197 g/mol. The van der Waals surface area contributed by atoms with Crippen LogP contribution in [0.2, 0.25) is 0 Å². The fraction of sp³-hybridized carbons (Fsp3) is 0.909. The highest BCUT2D eigenvalue weighted by Gasteiger charge is 2.53. The summed E-state index contributed by atoms with van der Waals surface area (Å²) in [7, 11) is 0. The van der Waals surface area contributed by atoms with Crippen LogP contribution >= 0.6 is 0 Å². The molecular formula is C11H19NO2. The Kier molecular flexibility index (Phi) is 2.20. The van der Waals surface area contributed by atoms with Crippen molar-refractivity contribution in [2.75, 3.05) is 6.54 Å². The molecule has 0 unspecified atom stereocenters. The number of nitrogens with zero attached hydrogens (tertiary/aromatic N) is 1. The number of cyclic esters (lactones) is 1. The molecule has 3 nitrogen and oxygen atoms in total. The highest BCUT2D eigenvalue weighted by Crippen LogP contribution is 2.40. The molecule has 2 atom stereocenters. The van der Waals surface area contributed by atoms with Crippen molar-refractivity contribution in [2.24, 2.45) is 5.92 Å². The lowest BCUT2D eigenvalue weighted by molar-refractivity contribution is 0.0503. The molecule has 0 N–H and O–H groups in total. The molecule has 14 heavy (non-hydrogen) atoms. The topological polar surface area (TPSA) is 29.5 Å². The van der Waals surface area contributed by atoms with E-state index in [-0.39, 0.29) is 17.7 Å². The van der Waals surface area contributed by atoms with Crippen molar-refractivity contribution in [1.29, 1.82) is 0 Å². The Morgan fingerprint density at radius 2 is 2.21 bits per heavy atom. The number of fused-ring (bicyclic) bond motifs is 1. The summed E-state index contributed by atoms with van der Waals surface area (Å²) >= 11 is 0. The molecule has 2 rings (SSSR count). The average molecular weight is 197 g/mol. The summed E-state index contributed by atoms with van der Waals surface area (Å²) < 4.78 is 5.46. The number of amides is 1. The van der Waals surface area contributed by atoms with Crippen molar-refractivity contribution in [3.05, 3.63) is 0 Å². The van der Waals surface area contributed by atoms with E-state index in [1.54, 1.807) is 0 Å². The van der Waals surface area contributed by atoms with Crippen molar-refractivity contribution < 1.29 is 9.53 Å². The molecule has 2 heterocycles. The van der Waals surface area contributed by atoms with Gasteiger partial charge < -0.3 is 4.74 Å². The summed E-state index contributed by atoms with van der Waals surface area (Å²) in [5, 5.41) is 0. The van der Waals surface area contributed by atoms with Crippen molar-refractivity contribution >= 4 is 6.09 Å². The van der Waals surface area contributed by atoms with Gasteiger partial charge in [0.25, 0.3) is 0 Å². The van der Waals surface area contributed by atoms with Gasteiger partial charge in [-0.1, -0.05) is 13.8 Å². The van der Waals surface area contributed by atoms with Crippen LogP contribution in [0.25, 0.3) is 0 Å². The van der Waals surface area contributed by atoms with E-state index >= 15 is 0 Å². The molecule has 0 radical (unpaired) electrons. The van der Waals surface area contributed by atoms with Gasteiger partial charge in [0.1, 0.15) is 6.10 Å². The first-order valence-corrected chi connectivity index (χ1v) is 5.54. The van der Waals surface area contributed by atoms with Gasteiger partial charge in [0.2, 0.25) is 0 Å². The van der Waals surface area contributed by atoms with Crippen molar-refractivity contribution in [3.63, 3.8) is 0 Å². The van der Waals surface area contributed by atoms with Crippen LogP contribution in [0.15, 0.2) is 0 Å². The summed E-state index contributed by atoms with van der Waals surface area (Å²) in [6.07, 6.45) is 3.39. The molecule has 2 aliphatic rings. The minimum Gasteiger partial charge on any atom is -0.443 e. The molecule has 0 aromatic carbocycles. The van der Waals surface area contributed by atoms with Crippen molar-refractivity contribution in [1.82, 2.24) is 4.90 Å². The summed E-state index contributed by atoms with van der Waals surface area (Å²) in [4.78, 5) is 13.6. The lowest BCUT2D eigenvalue weighted by Gasteiger charge is -2.40. The third-order valence-electron chi connectivity index (χ3n) is 3.60.